The fourth-order valence-electron chi connectivity index (χ4n) is 3.68. The predicted octanol–water partition coefficient (Wildman–Crippen LogP) is 2.05. The van der Waals surface area contributed by atoms with Gasteiger partial charge in [-0.15, -0.1) is 0 Å². The van der Waals surface area contributed by atoms with Crippen molar-refractivity contribution in [3.63, 3.8) is 0 Å². The molecule has 1 heterocycles. The smallest absolute Gasteiger partial charge is 0.307 e. The molecule has 2 aromatic carbocycles. The maximum absolute atomic E-state index is 12.9. The summed E-state index contributed by atoms with van der Waals surface area (Å²) in [5.74, 6) is -1.32. The Balaban J connectivity index is 1.63. The van der Waals surface area contributed by atoms with Gasteiger partial charge in [0.15, 0.2) is 0 Å². The maximum Gasteiger partial charge on any atom is 0.307 e. The molecule has 0 saturated carbocycles. The monoisotopic (exact) mass is 466 g/mol. The molecule has 1 aliphatic heterocycles. The highest BCUT2D eigenvalue weighted by Crippen LogP contribution is 2.18. The van der Waals surface area contributed by atoms with Gasteiger partial charge in [0.1, 0.15) is 6.04 Å². The molecule has 0 spiro atoms. The minimum atomic E-state index is -0.767. The Morgan fingerprint density at radius 2 is 1.91 bits per heavy atom. The van der Waals surface area contributed by atoms with E-state index < -0.39 is 12.0 Å². The summed E-state index contributed by atoms with van der Waals surface area (Å²) in [6.45, 7) is 2.94. The number of carbonyl (C=O) groups excluding carboxylic acids is 4. The second-order valence-corrected chi connectivity index (χ2v) is 8.03. The van der Waals surface area contributed by atoms with Crippen LogP contribution in [0.25, 0.3) is 0 Å². The summed E-state index contributed by atoms with van der Waals surface area (Å²) in [6, 6.07) is 15.2. The lowest BCUT2D eigenvalue weighted by Gasteiger charge is -2.33. The summed E-state index contributed by atoms with van der Waals surface area (Å²) < 4.78 is 5.10. The lowest BCUT2D eigenvalue weighted by molar-refractivity contribution is -0.148. The van der Waals surface area contributed by atoms with Crippen molar-refractivity contribution in [2.24, 2.45) is 0 Å². The van der Waals surface area contributed by atoms with Crippen LogP contribution in [0.5, 0.6) is 0 Å². The molecule has 1 atom stereocenters. The summed E-state index contributed by atoms with van der Waals surface area (Å²) in [7, 11) is 1.69. The second kappa shape index (κ2) is 11.9. The molecule has 1 unspecified atom stereocenters. The first-order valence-electron chi connectivity index (χ1n) is 11.3. The summed E-state index contributed by atoms with van der Waals surface area (Å²) in [6.07, 6.45) is 0.576. The van der Waals surface area contributed by atoms with Gasteiger partial charge in [-0.25, -0.2) is 0 Å². The van der Waals surface area contributed by atoms with Gasteiger partial charge in [0.05, 0.1) is 19.6 Å². The number of nitrogens with one attached hydrogen (secondary N) is 2. The number of benzene rings is 2. The number of hydrogen-bond acceptors (Lipinski definition) is 6. The molecule has 9 heteroatoms. The van der Waals surface area contributed by atoms with Crippen molar-refractivity contribution in [2.75, 3.05) is 43.5 Å². The summed E-state index contributed by atoms with van der Waals surface area (Å²) >= 11 is 0. The Kier molecular flexibility index (Phi) is 8.75. The maximum atomic E-state index is 12.9. The molecule has 2 aromatic rings. The van der Waals surface area contributed by atoms with Gasteiger partial charge in [0.25, 0.3) is 5.91 Å². The number of hydrogen-bond donors (Lipinski definition) is 2. The molecule has 0 radical (unpaired) electrons. The fourth-order valence-corrected chi connectivity index (χ4v) is 3.68. The van der Waals surface area contributed by atoms with Crippen molar-refractivity contribution >= 4 is 35.1 Å². The molecular weight excluding hydrogens is 436 g/mol. The van der Waals surface area contributed by atoms with Crippen LogP contribution in [0, 0.1) is 0 Å². The molecular formula is C25H30N4O5. The molecule has 1 fully saturated rings. The van der Waals surface area contributed by atoms with Crippen LogP contribution < -0.4 is 15.5 Å². The van der Waals surface area contributed by atoms with Gasteiger partial charge in [0.2, 0.25) is 11.8 Å². The van der Waals surface area contributed by atoms with Crippen LogP contribution in [0.15, 0.2) is 54.6 Å². The number of rotatable bonds is 9. The molecule has 34 heavy (non-hydrogen) atoms. The van der Waals surface area contributed by atoms with E-state index in [0.717, 1.165) is 5.69 Å². The van der Waals surface area contributed by atoms with Crippen LogP contribution in [0.2, 0.25) is 0 Å². The van der Waals surface area contributed by atoms with E-state index in [-0.39, 0.29) is 30.7 Å². The topological polar surface area (TPSA) is 108 Å². The molecule has 3 amide bonds. The lowest BCUT2D eigenvalue weighted by Crippen LogP contribution is -2.57. The van der Waals surface area contributed by atoms with Crippen molar-refractivity contribution in [1.29, 1.82) is 0 Å². The zero-order valence-corrected chi connectivity index (χ0v) is 19.5. The Labute approximate surface area is 199 Å². The van der Waals surface area contributed by atoms with E-state index in [2.05, 4.69) is 10.6 Å². The average molecular weight is 467 g/mol. The number of carbonyl (C=O) groups is 4. The summed E-state index contributed by atoms with van der Waals surface area (Å²) in [5.41, 5.74) is 1.66. The normalized spacial score (nSPS) is 15.8. The largest absolute Gasteiger partial charge is 0.466 e. The van der Waals surface area contributed by atoms with Gasteiger partial charge in [-0.1, -0.05) is 31.2 Å². The summed E-state index contributed by atoms with van der Waals surface area (Å²) in [5, 5.41) is 5.52. The zero-order chi connectivity index (χ0) is 24.5. The van der Waals surface area contributed by atoms with E-state index >= 15 is 0 Å². The highest BCUT2D eigenvalue weighted by molar-refractivity contribution is 6.06. The van der Waals surface area contributed by atoms with E-state index in [1.165, 1.54) is 4.90 Å². The third-order valence-electron chi connectivity index (χ3n) is 5.46. The molecule has 1 aliphatic rings. The van der Waals surface area contributed by atoms with Gasteiger partial charge < -0.3 is 20.3 Å². The van der Waals surface area contributed by atoms with Crippen LogP contribution in [0.3, 0.4) is 0 Å². The molecule has 1 saturated heterocycles. The highest BCUT2D eigenvalue weighted by atomic mass is 16.5. The van der Waals surface area contributed by atoms with Crippen molar-refractivity contribution in [3.8, 4) is 0 Å². The first-order chi connectivity index (χ1) is 16.4. The number of amides is 3. The highest BCUT2D eigenvalue weighted by Gasteiger charge is 2.33. The first-order valence-corrected chi connectivity index (χ1v) is 11.3. The first kappa shape index (κ1) is 24.9. The fraction of sp³-hybridized carbons (Fsp3) is 0.360. The lowest BCUT2D eigenvalue weighted by atomic mass is 10.1. The Morgan fingerprint density at radius 3 is 2.65 bits per heavy atom. The van der Waals surface area contributed by atoms with Crippen molar-refractivity contribution in [2.45, 2.75) is 25.8 Å². The quantitative estimate of drug-likeness (QED) is 0.548. The van der Waals surface area contributed by atoms with E-state index in [0.29, 0.717) is 37.4 Å². The Morgan fingerprint density at radius 1 is 1.15 bits per heavy atom. The third-order valence-corrected chi connectivity index (χ3v) is 5.46. The molecule has 3 rings (SSSR count). The van der Waals surface area contributed by atoms with Gasteiger partial charge in [-0.3, -0.25) is 24.1 Å². The summed E-state index contributed by atoms with van der Waals surface area (Å²) in [4.78, 5) is 53.2. The van der Waals surface area contributed by atoms with Crippen LogP contribution >= 0.6 is 0 Å². The molecule has 0 aliphatic carbocycles. The van der Waals surface area contributed by atoms with Gasteiger partial charge >= 0.3 is 5.97 Å². The number of para-hydroxylation sites is 1. The van der Waals surface area contributed by atoms with Gasteiger partial charge in [0, 0.05) is 37.1 Å². The van der Waals surface area contributed by atoms with E-state index in [4.69, 9.17) is 4.74 Å². The van der Waals surface area contributed by atoms with E-state index in [1.54, 1.807) is 36.2 Å². The SMILES string of the molecule is CCCOC(=O)CC1C(=O)NCCN1CC(=O)Nc1cccc(C(=O)N(C)c2ccccc2)c1. The Hall–Kier alpha value is -3.72. The molecule has 9 nitrogen and oxygen atoms in total. The third kappa shape index (κ3) is 6.64. The Bertz CT molecular complexity index is 1030. The number of piperazine rings is 1. The number of nitrogens with zero attached hydrogens (tertiary/aromatic N) is 2. The van der Waals surface area contributed by atoms with Crippen LogP contribution in [0.1, 0.15) is 30.1 Å². The van der Waals surface area contributed by atoms with Gasteiger partial charge in [-0.2, -0.15) is 0 Å². The van der Waals surface area contributed by atoms with Crippen LogP contribution in [0.4, 0.5) is 11.4 Å². The average Bonchev–Trinajstić information content (AvgIpc) is 2.84. The minimum Gasteiger partial charge on any atom is -0.466 e. The predicted molar refractivity (Wildman–Crippen MR) is 128 cm³/mol. The number of anilines is 2. The number of esters is 1. The number of ether oxygens (including phenoxy) is 1. The molecule has 2 N–H and O–H groups in total. The van der Waals surface area contributed by atoms with Crippen molar-refractivity contribution in [3.05, 3.63) is 60.2 Å². The minimum absolute atomic E-state index is 0.0682. The van der Waals surface area contributed by atoms with Crippen molar-refractivity contribution in [1.82, 2.24) is 10.2 Å². The molecule has 180 valence electrons. The molecule has 0 bridgehead atoms. The van der Waals surface area contributed by atoms with Gasteiger partial charge in [-0.05, 0) is 36.8 Å². The van der Waals surface area contributed by atoms with E-state index in [1.807, 2.05) is 37.3 Å². The van der Waals surface area contributed by atoms with Crippen LogP contribution in [-0.4, -0.2) is 67.9 Å². The standard InChI is InChI=1S/C25H30N4O5/c1-3-14-34-23(31)16-21-24(32)26-12-13-29(21)17-22(30)27-19-9-7-8-18(15-19)25(33)28(2)20-10-5-4-6-11-20/h4-11,15,21H,3,12-14,16-17H2,1-2H3,(H,26,32)(H,27,30). The van der Waals surface area contributed by atoms with Crippen molar-refractivity contribution < 1.29 is 23.9 Å². The second-order valence-electron chi connectivity index (χ2n) is 8.03. The zero-order valence-electron chi connectivity index (χ0n) is 19.5. The van der Waals surface area contributed by atoms with E-state index in [9.17, 15) is 19.2 Å². The molecule has 0 aromatic heterocycles. The van der Waals surface area contributed by atoms with Crippen LogP contribution in [-0.2, 0) is 19.1 Å².